The van der Waals surface area contributed by atoms with Crippen LogP contribution in [0.2, 0.25) is 0 Å². The molecule has 0 unspecified atom stereocenters. The van der Waals surface area contributed by atoms with E-state index in [2.05, 4.69) is 4.72 Å². The minimum Gasteiger partial charge on any atom is -0.480 e. The molecular weight excluding hydrogens is 378 g/mol. The van der Waals surface area contributed by atoms with E-state index >= 15 is 0 Å². The lowest BCUT2D eigenvalue weighted by molar-refractivity contribution is -0.140. The molecule has 0 aliphatic carbocycles. The first-order chi connectivity index (χ1) is 13.4. The number of rotatable bonds is 8. The van der Waals surface area contributed by atoms with E-state index in [9.17, 15) is 18.3 Å². The zero-order valence-electron chi connectivity index (χ0n) is 15.3. The molecule has 1 atom stereocenters. The number of carboxylic acids is 1. The summed E-state index contributed by atoms with van der Waals surface area (Å²) in [5.41, 5.74) is 1.81. The molecule has 0 aliphatic rings. The Bertz CT molecular complexity index is 1080. The smallest absolute Gasteiger partial charge is 0.324 e. The van der Waals surface area contributed by atoms with Crippen LogP contribution < -0.4 is 4.72 Å². The van der Waals surface area contributed by atoms with Gasteiger partial charge in [0, 0.05) is 5.39 Å². The summed E-state index contributed by atoms with van der Waals surface area (Å²) < 4.78 is 33.4. The third-order valence-electron chi connectivity index (χ3n) is 4.38. The summed E-state index contributed by atoms with van der Waals surface area (Å²) >= 11 is 0. The van der Waals surface area contributed by atoms with E-state index in [4.69, 9.17) is 4.74 Å². The van der Waals surface area contributed by atoms with Crippen LogP contribution in [0, 0.1) is 6.92 Å². The number of benzene rings is 3. The molecule has 0 radical (unpaired) electrons. The van der Waals surface area contributed by atoms with E-state index in [1.54, 1.807) is 18.2 Å². The van der Waals surface area contributed by atoms with Gasteiger partial charge in [0.05, 0.1) is 18.1 Å². The van der Waals surface area contributed by atoms with Gasteiger partial charge >= 0.3 is 5.97 Å². The number of hydrogen-bond acceptors (Lipinski definition) is 4. The fourth-order valence-electron chi connectivity index (χ4n) is 2.93. The van der Waals surface area contributed by atoms with Crippen molar-refractivity contribution in [3.63, 3.8) is 0 Å². The van der Waals surface area contributed by atoms with Gasteiger partial charge in [-0.1, -0.05) is 60.7 Å². The average molecular weight is 399 g/mol. The van der Waals surface area contributed by atoms with E-state index < -0.39 is 22.0 Å². The van der Waals surface area contributed by atoms with Crippen LogP contribution in [0.25, 0.3) is 10.8 Å². The summed E-state index contributed by atoms with van der Waals surface area (Å²) in [6, 6.07) is 18.2. The highest BCUT2D eigenvalue weighted by molar-refractivity contribution is 7.89. The molecule has 0 aliphatic heterocycles. The van der Waals surface area contributed by atoms with Gasteiger partial charge < -0.3 is 9.84 Å². The molecule has 0 aromatic heterocycles. The zero-order chi connectivity index (χ0) is 20.1. The summed E-state index contributed by atoms with van der Waals surface area (Å²) in [6.45, 7) is 1.80. The van der Waals surface area contributed by atoms with Crippen molar-refractivity contribution >= 4 is 26.8 Å². The van der Waals surface area contributed by atoms with E-state index in [0.29, 0.717) is 5.39 Å². The number of ether oxygens (including phenoxy) is 1. The molecule has 146 valence electrons. The molecule has 0 saturated heterocycles. The first kappa shape index (κ1) is 20.0. The van der Waals surface area contributed by atoms with Crippen LogP contribution in [-0.4, -0.2) is 32.1 Å². The first-order valence-electron chi connectivity index (χ1n) is 8.73. The Morgan fingerprint density at radius 3 is 2.32 bits per heavy atom. The summed E-state index contributed by atoms with van der Waals surface area (Å²) in [6.07, 6.45) is 0. The molecule has 0 heterocycles. The largest absolute Gasteiger partial charge is 0.480 e. The standard InChI is InChI=1S/C21H21NO5S/c1-15-11-12-20(18-10-6-5-9-17(15)18)28(25,26)22-19(21(23)24)14-27-13-16-7-3-2-4-8-16/h2-12,19,22H,13-14H2,1H3,(H,23,24)/t19-/m1/s1. The maximum absolute atomic E-state index is 12.9. The summed E-state index contributed by atoms with van der Waals surface area (Å²) in [4.78, 5) is 11.6. The van der Waals surface area contributed by atoms with E-state index in [1.807, 2.05) is 49.4 Å². The van der Waals surface area contributed by atoms with Crippen LogP contribution in [0.15, 0.2) is 71.6 Å². The Balaban J connectivity index is 1.79. The Morgan fingerprint density at radius 1 is 1.00 bits per heavy atom. The fraction of sp³-hybridized carbons (Fsp3) is 0.190. The normalized spacial score (nSPS) is 12.8. The van der Waals surface area contributed by atoms with Gasteiger partial charge in [-0.25, -0.2) is 8.42 Å². The van der Waals surface area contributed by atoms with Crippen molar-refractivity contribution < 1.29 is 23.1 Å². The zero-order valence-corrected chi connectivity index (χ0v) is 16.1. The van der Waals surface area contributed by atoms with Crippen LogP contribution in [-0.2, 0) is 26.2 Å². The number of sulfonamides is 1. The van der Waals surface area contributed by atoms with E-state index in [1.165, 1.54) is 6.07 Å². The number of fused-ring (bicyclic) bond motifs is 1. The van der Waals surface area contributed by atoms with Crippen LogP contribution in [0.5, 0.6) is 0 Å². The second-order valence-electron chi connectivity index (χ2n) is 6.44. The molecular formula is C21H21NO5S. The average Bonchev–Trinajstić information content (AvgIpc) is 2.68. The number of carbonyl (C=O) groups is 1. The SMILES string of the molecule is Cc1ccc(S(=O)(=O)N[C@H](COCc2ccccc2)C(=O)O)c2ccccc12. The van der Waals surface area contributed by atoms with Gasteiger partial charge in [-0.05, 0) is 29.5 Å². The van der Waals surface area contributed by atoms with Crippen LogP contribution >= 0.6 is 0 Å². The molecule has 0 saturated carbocycles. The number of aryl methyl sites for hydroxylation is 1. The molecule has 0 bridgehead atoms. The third kappa shape index (κ3) is 4.56. The van der Waals surface area contributed by atoms with Gasteiger partial charge in [-0.3, -0.25) is 4.79 Å². The van der Waals surface area contributed by atoms with Crippen molar-refractivity contribution in [3.05, 3.63) is 77.9 Å². The second-order valence-corrected chi connectivity index (χ2v) is 8.12. The predicted molar refractivity (Wildman–Crippen MR) is 107 cm³/mol. The highest BCUT2D eigenvalue weighted by Crippen LogP contribution is 2.25. The van der Waals surface area contributed by atoms with Crippen LogP contribution in [0.1, 0.15) is 11.1 Å². The minimum atomic E-state index is -4.05. The molecule has 3 rings (SSSR count). The topological polar surface area (TPSA) is 92.7 Å². The molecule has 28 heavy (non-hydrogen) atoms. The fourth-order valence-corrected chi connectivity index (χ4v) is 4.32. The highest BCUT2D eigenvalue weighted by Gasteiger charge is 2.27. The molecule has 0 amide bonds. The quantitative estimate of drug-likeness (QED) is 0.607. The van der Waals surface area contributed by atoms with Crippen molar-refractivity contribution in [1.29, 1.82) is 0 Å². The van der Waals surface area contributed by atoms with E-state index in [-0.39, 0.29) is 18.1 Å². The lowest BCUT2D eigenvalue weighted by Crippen LogP contribution is -2.43. The lowest BCUT2D eigenvalue weighted by atomic mass is 10.1. The molecule has 2 N–H and O–H groups in total. The summed E-state index contributed by atoms with van der Waals surface area (Å²) in [7, 11) is -4.05. The maximum Gasteiger partial charge on any atom is 0.324 e. The monoisotopic (exact) mass is 399 g/mol. The summed E-state index contributed by atoms with van der Waals surface area (Å²) in [5, 5.41) is 10.8. The predicted octanol–water partition coefficient (Wildman–Crippen LogP) is 3.10. The number of carboxylic acid groups (broad SMARTS) is 1. The van der Waals surface area contributed by atoms with E-state index in [0.717, 1.165) is 16.5 Å². The first-order valence-corrected chi connectivity index (χ1v) is 10.2. The molecule has 6 nitrogen and oxygen atoms in total. The molecule has 3 aromatic carbocycles. The summed E-state index contributed by atoms with van der Waals surface area (Å²) in [5.74, 6) is -1.30. The Labute approximate surface area is 163 Å². The minimum absolute atomic E-state index is 0.0445. The highest BCUT2D eigenvalue weighted by atomic mass is 32.2. The van der Waals surface area contributed by atoms with Crippen molar-refractivity contribution in [2.75, 3.05) is 6.61 Å². The van der Waals surface area contributed by atoms with Gasteiger partial charge in [0.25, 0.3) is 0 Å². The van der Waals surface area contributed by atoms with Crippen LogP contribution in [0.4, 0.5) is 0 Å². The van der Waals surface area contributed by atoms with Gasteiger partial charge in [0.1, 0.15) is 6.04 Å². The number of aliphatic carboxylic acids is 1. The maximum atomic E-state index is 12.9. The Morgan fingerprint density at radius 2 is 1.64 bits per heavy atom. The number of hydrogen-bond donors (Lipinski definition) is 2. The Hall–Kier alpha value is -2.74. The molecule has 0 fully saturated rings. The van der Waals surface area contributed by atoms with Gasteiger partial charge in [-0.15, -0.1) is 0 Å². The third-order valence-corrected chi connectivity index (χ3v) is 5.91. The molecule has 3 aromatic rings. The van der Waals surface area contributed by atoms with Gasteiger partial charge in [0.2, 0.25) is 10.0 Å². The van der Waals surface area contributed by atoms with Gasteiger partial charge in [-0.2, -0.15) is 4.72 Å². The molecule has 0 spiro atoms. The second kappa shape index (κ2) is 8.52. The van der Waals surface area contributed by atoms with Crippen molar-refractivity contribution in [2.45, 2.75) is 24.5 Å². The van der Waals surface area contributed by atoms with Crippen molar-refractivity contribution in [1.82, 2.24) is 4.72 Å². The number of nitrogens with one attached hydrogen (secondary N) is 1. The Kier molecular flexibility index (Phi) is 6.08. The molecule has 7 heteroatoms. The van der Waals surface area contributed by atoms with Crippen LogP contribution in [0.3, 0.4) is 0 Å². The lowest BCUT2D eigenvalue weighted by Gasteiger charge is -2.16. The van der Waals surface area contributed by atoms with Crippen molar-refractivity contribution in [3.8, 4) is 0 Å². The van der Waals surface area contributed by atoms with Crippen molar-refractivity contribution in [2.24, 2.45) is 0 Å². The van der Waals surface area contributed by atoms with Gasteiger partial charge in [0.15, 0.2) is 0 Å².